The van der Waals surface area contributed by atoms with Gasteiger partial charge < -0.3 is 4.42 Å². The molecular formula is C42H45B19O. The molecule has 0 spiro atoms. The van der Waals surface area contributed by atoms with Gasteiger partial charge in [0.05, 0.1) is 0 Å². The van der Waals surface area contributed by atoms with E-state index >= 15 is 0 Å². The summed E-state index contributed by atoms with van der Waals surface area (Å²) in [4.78, 5) is 0. The van der Waals surface area contributed by atoms with Crippen molar-refractivity contribution in [3.63, 3.8) is 0 Å². The van der Waals surface area contributed by atoms with Crippen molar-refractivity contribution in [1.82, 2.24) is 0 Å². The molecule has 0 aliphatic heterocycles. The summed E-state index contributed by atoms with van der Waals surface area (Å²) >= 11 is 0. The molecule has 0 atom stereocenters. The molecule has 1 nitrogen and oxygen atoms in total. The van der Waals surface area contributed by atoms with E-state index in [1.54, 1.807) is 0 Å². The van der Waals surface area contributed by atoms with Gasteiger partial charge in [0.15, 0.2) is 0 Å². The number of hydrogen-bond donors (Lipinski definition) is 0. The Hall–Kier alpha value is -4.43. The summed E-state index contributed by atoms with van der Waals surface area (Å²) in [6, 6.07) is 15.4. The maximum Gasteiger partial charge on any atom is 0.140 e. The average Bonchev–Trinajstić information content (AvgIpc) is 3.63. The van der Waals surface area contributed by atoms with Crippen LogP contribution in [-0.2, 0) is 0 Å². The van der Waals surface area contributed by atoms with Crippen molar-refractivity contribution in [2.75, 3.05) is 0 Å². The Balaban J connectivity index is 1.52. The molecule has 0 radical (unpaired) electrons. The number of para-hydroxylation sites is 1. The van der Waals surface area contributed by atoms with Gasteiger partial charge in [-0.05, 0) is 83.9 Å². The monoisotopic (exact) mass is 775 g/mol. The zero-order valence-electron chi connectivity index (χ0n) is 40.9. The molecule has 9 rings (SSSR count). The third-order valence-electron chi connectivity index (χ3n) is 16.9. The van der Waals surface area contributed by atoms with Gasteiger partial charge in [-0.2, -0.15) is 0 Å². The summed E-state index contributed by atoms with van der Waals surface area (Å²) in [5, 5.41) is 10.7. The highest BCUT2D eigenvalue weighted by atomic mass is 16.3. The number of fused-ring (bicyclic) bond motifs is 6. The minimum Gasteiger partial charge on any atom is -0.456 e. The first kappa shape index (κ1) is 42.9. The Morgan fingerprint density at radius 1 is 0.242 bits per heavy atom. The number of benzene rings is 8. The summed E-state index contributed by atoms with van der Waals surface area (Å²) in [5.41, 5.74) is 36.5. The molecule has 0 aliphatic carbocycles. The van der Waals surface area contributed by atoms with Crippen LogP contribution in [0.5, 0.6) is 0 Å². The van der Waals surface area contributed by atoms with Crippen LogP contribution in [0.1, 0.15) is 0 Å². The van der Waals surface area contributed by atoms with Gasteiger partial charge in [-0.25, -0.2) is 0 Å². The fraction of sp³-hybridized carbons (Fsp3) is 0. The first-order valence-corrected chi connectivity index (χ1v) is 22.7. The smallest absolute Gasteiger partial charge is 0.140 e. The zero-order valence-corrected chi connectivity index (χ0v) is 40.9. The SMILES string of the molecule is Bc1c(B)c(B)c(-c2c(B)c(B)c3c(B)c(-c4c5c(B)c(B)c(B)c(B)c5c(-c5ccc6oc7ccccc7c6c5)c5c(B)c(B)c(B)c(B)c45)c(B)c(B)c3c2B)c(B)c1B. The topological polar surface area (TPSA) is 13.1 Å². The van der Waals surface area contributed by atoms with Crippen LogP contribution in [0.4, 0.5) is 0 Å². The van der Waals surface area contributed by atoms with Crippen LogP contribution >= 0.6 is 0 Å². The molecule has 0 bridgehead atoms. The largest absolute Gasteiger partial charge is 0.456 e. The fourth-order valence-electron chi connectivity index (χ4n) is 12.0. The summed E-state index contributed by atoms with van der Waals surface area (Å²) in [5.74, 6) is 0. The Labute approximate surface area is 385 Å². The Morgan fingerprint density at radius 3 is 1.03 bits per heavy atom. The van der Waals surface area contributed by atoms with Crippen molar-refractivity contribution >= 4 is 307 Å². The molecule has 62 heavy (non-hydrogen) atoms. The number of rotatable bonds is 3. The van der Waals surface area contributed by atoms with Crippen LogP contribution in [0.3, 0.4) is 0 Å². The maximum atomic E-state index is 6.41. The molecule has 8 aromatic carbocycles. The van der Waals surface area contributed by atoms with Crippen LogP contribution in [0.2, 0.25) is 0 Å². The van der Waals surface area contributed by atoms with Crippen molar-refractivity contribution in [1.29, 1.82) is 0 Å². The van der Waals surface area contributed by atoms with Crippen molar-refractivity contribution < 1.29 is 4.42 Å². The quantitative estimate of drug-likeness (QED) is 0.129. The van der Waals surface area contributed by atoms with Gasteiger partial charge in [-0.15, -0.1) is 38.2 Å². The van der Waals surface area contributed by atoms with Crippen molar-refractivity contribution in [2.24, 2.45) is 0 Å². The van der Waals surface area contributed by atoms with E-state index in [-0.39, 0.29) is 0 Å². The minimum atomic E-state index is 0.931. The Morgan fingerprint density at radius 2 is 0.565 bits per heavy atom. The lowest BCUT2D eigenvalue weighted by Gasteiger charge is -2.31. The maximum absolute atomic E-state index is 6.41. The molecule has 0 saturated carbocycles. The first-order chi connectivity index (χ1) is 29.2. The van der Waals surface area contributed by atoms with Crippen molar-refractivity contribution in [3.8, 4) is 33.4 Å². The van der Waals surface area contributed by atoms with Gasteiger partial charge in [0.1, 0.15) is 160 Å². The molecule has 0 saturated heterocycles. The van der Waals surface area contributed by atoms with E-state index in [9.17, 15) is 0 Å². The van der Waals surface area contributed by atoms with E-state index in [0.29, 0.717) is 0 Å². The van der Waals surface area contributed by atoms with E-state index in [1.807, 2.05) is 0 Å². The second-order valence-corrected chi connectivity index (χ2v) is 19.3. The Bertz CT molecular complexity index is 3460. The summed E-state index contributed by atoms with van der Waals surface area (Å²) < 4.78 is 6.41. The van der Waals surface area contributed by atoms with Crippen LogP contribution in [0.15, 0.2) is 46.9 Å². The minimum absolute atomic E-state index is 0.931. The molecule has 0 unspecified atom stereocenters. The third kappa shape index (κ3) is 5.62. The van der Waals surface area contributed by atoms with Gasteiger partial charge in [-0.3, -0.25) is 0 Å². The highest BCUT2D eigenvalue weighted by molar-refractivity contribution is 6.75. The summed E-state index contributed by atoms with van der Waals surface area (Å²) in [7, 11) is 44.9. The lowest BCUT2D eigenvalue weighted by Crippen LogP contribution is -2.56. The van der Waals surface area contributed by atoms with E-state index in [1.165, 1.54) is 175 Å². The number of hydrogen-bond acceptors (Lipinski definition) is 1. The standard InChI is InChI=1S/C42H45B19O/c43-24-19(30(49)31(50)21-20(24)32(51)33(52)22(25(21)44)23-34(53)40(59)42(61)41(60)35(23)54)14-17-15(26(45)36(55)38(57)28(17)47)13(16-18(14)29(48)39(58)37(56)27(16)46)8-5-6-12-10(7-8)9-3-1-2-4-11(9)62-12/h1-7H,43-61H2. The predicted molar refractivity (Wildman–Crippen MR) is 338 cm³/mol. The van der Waals surface area contributed by atoms with Crippen LogP contribution in [0.25, 0.3) is 87.6 Å². The molecular weight excluding hydrogens is 726 g/mol. The highest BCUT2D eigenvalue weighted by Crippen LogP contribution is 2.41. The molecule has 0 N–H and O–H groups in total. The van der Waals surface area contributed by atoms with E-state index in [4.69, 9.17) is 4.42 Å². The van der Waals surface area contributed by atoms with E-state index in [2.05, 4.69) is 192 Å². The average molecular weight is 771 g/mol. The molecule has 0 fully saturated rings. The normalized spacial score (nSPS) is 11.8. The molecule has 9 aromatic rings. The third-order valence-corrected chi connectivity index (χ3v) is 16.9. The van der Waals surface area contributed by atoms with Crippen LogP contribution in [0, 0.1) is 0 Å². The lowest BCUT2D eigenvalue weighted by molar-refractivity contribution is 0.669. The molecule has 1 heterocycles. The van der Waals surface area contributed by atoms with Gasteiger partial charge in [0.2, 0.25) is 0 Å². The highest BCUT2D eigenvalue weighted by Gasteiger charge is 2.29. The molecule has 20 heteroatoms. The molecule has 276 valence electrons. The van der Waals surface area contributed by atoms with Gasteiger partial charge in [0.25, 0.3) is 0 Å². The van der Waals surface area contributed by atoms with Crippen LogP contribution < -0.4 is 104 Å². The van der Waals surface area contributed by atoms with Crippen LogP contribution in [-0.4, -0.2) is 149 Å². The second-order valence-electron chi connectivity index (χ2n) is 19.3. The fourth-order valence-corrected chi connectivity index (χ4v) is 12.0. The van der Waals surface area contributed by atoms with Gasteiger partial charge >= 0.3 is 0 Å². The molecule has 0 amide bonds. The van der Waals surface area contributed by atoms with E-state index in [0.717, 1.165) is 16.6 Å². The predicted octanol–water partition coefficient (Wildman–Crippen LogP) is -21.0. The van der Waals surface area contributed by atoms with Crippen molar-refractivity contribution in [3.05, 3.63) is 42.5 Å². The molecule has 0 aliphatic rings. The molecule has 1 aromatic heterocycles. The number of furan rings is 1. The van der Waals surface area contributed by atoms with Crippen molar-refractivity contribution in [2.45, 2.75) is 0 Å². The van der Waals surface area contributed by atoms with Gasteiger partial charge in [0, 0.05) is 10.8 Å². The summed E-state index contributed by atoms with van der Waals surface area (Å²) in [6.45, 7) is 0. The van der Waals surface area contributed by atoms with Gasteiger partial charge in [-0.1, -0.05) is 89.8 Å². The first-order valence-electron chi connectivity index (χ1n) is 22.7. The van der Waals surface area contributed by atoms with E-state index < -0.39 is 0 Å². The Kier molecular flexibility index (Phi) is 10.2. The zero-order chi connectivity index (χ0) is 44.9. The summed E-state index contributed by atoms with van der Waals surface area (Å²) in [6.07, 6.45) is 0. The second kappa shape index (κ2) is 14.8. The lowest BCUT2D eigenvalue weighted by atomic mass is 9.55.